The van der Waals surface area contributed by atoms with E-state index < -0.39 is 4.92 Å². The van der Waals surface area contributed by atoms with Gasteiger partial charge in [-0.05, 0) is 18.6 Å². The van der Waals surface area contributed by atoms with Crippen molar-refractivity contribution in [1.82, 2.24) is 4.98 Å². The van der Waals surface area contributed by atoms with Gasteiger partial charge in [0.1, 0.15) is 0 Å². The maximum Gasteiger partial charge on any atom is 0.269 e. The summed E-state index contributed by atoms with van der Waals surface area (Å²) in [4.78, 5) is 26.6. The number of carbonyl (C=O) groups is 1. The minimum Gasteiger partial charge on any atom is -0.302 e. The summed E-state index contributed by atoms with van der Waals surface area (Å²) in [7, 11) is 0. The number of carbonyl (C=O) groups excluding carboxylic acids is 1. The SMILES string of the molecule is CCCCCCCCCC(=O)Nc1nc(-c2ccc([N+](=O)[O-])cc2)cs1. The van der Waals surface area contributed by atoms with Crippen LogP contribution in [0.3, 0.4) is 0 Å². The van der Waals surface area contributed by atoms with Crippen molar-refractivity contribution in [3.63, 3.8) is 0 Å². The molecule has 0 aliphatic rings. The molecule has 0 bridgehead atoms. The van der Waals surface area contributed by atoms with Gasteiger partial charge < -0.3 is 5.32 Å². The van der Waals surface area contributed by atoms with Crippen molar-refractivity contribution in [3.8, 4) is 11.3 Å². The maximum absolute atomic E-state index is 12.0. The van der Waals surface area contributed by atoms with Gasteiger partial charge in [-0.1, -0.05) is 45.4 Å². The van der Waals surface area contributed by atoms with Crippen LogP contribution in [-0.4, -0.2) is 15.8 Å². The summed E-state index contributed by atoms with van der Waals surface area (Å²) in [6.07, 6.45) is 8.77. The Labute approximate surface area is 157 Å². The van der Waals surface area contributed by atoms with Crippen LogP contribution in [-0.2, 0) is 4.79 Å². The quantitative estimate of drug-likeness (QED) is 0.306. The molecule has 2 aromatic rings. The van der Waals surface area contributed by atoms with Gasteiger partial charge in [-0.2, -0.15) is 0 Å². The molecule has 0 aliphatic carbocycles. The van der Waals surface area contributed by atoms with E-state index >= 15 is 0 Å². The molecule has 0 spiro atoms. The van der Waals surface area contributed by atoms with E-state index in [9.17, 15) is 14.9 Å². The minimum absolute atomic E-state index is 0.0110. The van der Waals surface area contributed by atoms with Crippen molar-refractivity contribution in [2.45, 2.75) is 58.3 Å². The van der Waals surface area contributed by atoms with Gasteiger partial charge in [-0.15, -0.1) is 11.3 Å². The number of anilines is 1. The van der Waals surface area contributed by atoms with Gasteiger partial charge in [0, 0.05) is 29.5 Å². The Morgan fingerprint density at radius 1 is 1.12 bits per heavy atom. The molecule has 1 amide bonds. The summed E-state index contributed by atoms with van der Waals surface area (Å²) in [5, 5.41) is 15.9. The number of amides is 1. The molecule has 0 fully saturated rings. The third kappa shape index (κ3) is 6.55. The lowest BCUT2D eigenvalue weighted by molar-refractivity contribution is -0.384. The maximum atomic E-state index is 12.0. The van der Waals surface area contributed by atoms with Crippen molar-refractivity contribution in [3.05, 3.63) is 39.8 Å². The molecule has 0 radical (unpaired) electrons. The zero-order valence-corrected chi connectivity index (χ0v) is 15.9. The Balaban J connectivity index is 1.75. The van der Waals surface area contributed by atoms with Crippen LogP contribution in [0.1, 0.15) is 58.3 Å². The Kier molecular flexibility index (Phi) is 8.21. The Bertz CT molecular complexity index is 713. The summed E-state index contributed by atoms with van der Waals surface area (Å²) < 4.78 is 0. The number of nitrogens with zero attached hydrogens (tertiary/aromatic N) is 2. The number of rotatable bonds is 11. The van der Waals surface area contributed by atoms with Gasteiger partial charge >= 0.3 is 0 Å². The molecule has 0 saturated heterocycles. The van der Waals surface area contributed by atoms with Gasteiger partial charge in [0.15, 0.2) is 5.13 Å². The molecule has 2 rings (SSSR count). The number of benzene rings is 1. The Morgan fingerprint density at radius 3 is 2.42 bits per heavy atom. The number of unbranched alkanes of at least 4 members (excludes halogenated alkanes) is 6. The summed E-state index contributed by atoms with van der Waals surface area (Å²) in [5.41, 5.74) is 1.54. The molecular formula is C19H25N3O3S. The average molecular weight is 375 g/mol. The summed E-state index contributed by atoms with van der Waals surface area (Å²) >= 11 is 1.36. The van der Waals surface area contributed by atoms with Gasteiger partial charge in [0.05, 0.1) is 10.6 Å². The predicted octanol–water partition coefficient (Wildman–Crippen LogP) is 5.80. The number of non-ortho nitro benzene ring substituents is 1. The van der Waals surface area contributed by atoms with Crippen LogP contribution in [0.4, 0.5) is 10.8 Å². The highest BCUT2D eigenvalue weighted by Gasteiger charge is 2.10. The first-order valence-corrected chi connectivity index (χ1v) is 9.98. The van der Waals surface area contributed by atoms with Crippen LogP contribution in [0.2, 0.25) is 0 Å². The van der Waals surface area contributed by atoms with Crippen LogP contribution in [0.5, 0.6) is 0 Å². The number of hydrogen-bond donors (Lipinski definition) is 1. The van der Waals surface area contributed by atoms with E-state index in [1.54, 1.807) is 12.1 Å². The number of nitro groups is 1. The molecule has 140 valence electrons. The first kappa shape index (κ1) is 20.0. The standard InChI is InChI=1S/C19H25N3O3S/c1-2-3-4-5-6-7-8-9-18(23)21-19-20-17(14-26-19)15-10-12-16(13-11-15)22(24)25/h10-14H,2-9H2,1H3,(H,20,21,23). The molecule has 1 heterocycles. The topological polar surface area (TPSA) is 85.1 Å². The summed E-state index contributed by atoms with van der Waals surface area (Å²) in [5.74, 6) is -0.0110. The van der Waals surface area contributed by atoms with E-state index in [0.717, 1.165) is 18.4 Å². The third-order valence-electron chi connectivity index (χ3n) is 4.13. The molecule has 0 aliphatic heterocycles. The monoisotopic (exact) mass is 375 g/mol. The minimum atomic E-state index is -0.430. The third-order valence-corrected chi connectivity index (χ3v) is 4.89. The highest BCUT2D eigenvalue weighted by Crippen LogP contribution is 2.26. The van der Waals surface area contributed by atoms with E-state index in [0.29, 0.717) is 17.2 Å². The zero-order chi connectivity index (χ0) is 18.8. The molecule has 7 heteroatoms. The van der Waals surface area contributed by atoms with E-state index in [1.165, 1.54) is 55.6 Å². The molecule has 1 aromatic heterocycles. The normalized spacial score (nSPS) is 10.7. The predicted molar refractivity (Wildman–Crippen MR) is 105 cm³/mol. The summed E-state index contributed by atoms with van der Waals surface area (Å²) in [6.45, 7) is 2.20. The molecular weight excluding hydrogens is 350 g/mol. The second-order valence-corrected chi connectivity index (χ2v) is 7.12. The van der Waals surface area contributed by atoms with Crippen molar-refractivity contribution in [2.24, 2.45) is 0 Å². The molecule has 6 nitrogen and oxygen atoms in total. The lowest BCUT2D eigenvalue weighted by atomic mass is 10.1. The molecule has 0 unspecified atom stereocenters. The van der Waals surface area contributed by atoms with Crippen molar-refractivity contribution < 1.29 is 9.72 Å². The van der Waals surface area contributed by atoms with Crippen molar-refractivity contribution in [1.29, 1.82) is 0 Å². The van der Waals surface area contributed by atoms with Crippen molar-refractivity contribution in [2.75, 3.05) is 5.32 Å². The van der Waals surface area contributed by atoms with Crippen LogP contribution in [0, 0.1) is 10.1 Å². The second kappa shape index (κ2) is 10.7. The van der Waals surface area contributed by atoms with Crippen LogP contribution >= 0.6 is 11.3 Å². The Morgan fingerprint density at radius 2 is 1.77 bits per heavy atom. The van der Waals surface area contributed by atoms with E-state index in [-0.39, 0.29) is 11.6 Å². The molecule has 0 atom stereocenters. The van der Waals surface area contributed by atoms with E-state index in [4.69, 9.17) is 0 Å². The fourth-order valence-electron chi connectivity index (χ4n) is 2.64. The van der Waals surface area contributed by atoms with Gasteiger partial charge in [-0.25, -0.2) is 4.98 Å². The van der Waals surface area contributed by atoms with E-state index in [1.807, 2.05) is 5.38 Å². The first-order valence-electron chi connectivity index (χ1n) is 9.10. The van der Waals surface area contributed by atoms with Crippen LogP contribution in [0.25, 0.3) is 11.3 Å². The number of nitro benzene ring substituents is 1. The average Bonchev–Trinajstić information content (AvgIpc) is 3.09. The van der Waals surface area contributed by atoms with Gasteiger partial charge in [-0.3, -0.25) is 14.9 Å². The molecule has 1 aromatic carbocycles. The van der Waals surface area contributed by atoms with Gasteiger partial charge in [0.25, 0.3) is 5.69 Å². The van der Waals surface area contributed by atoms with Gasteiger partial charge in [0.2, 0.25) is 5.91 Å². The number of thiazole rings is 1. The lowest BCUT2D eigenvalue weighted by Gasteiger charge is -2.02. The highest BCUT2D eigenvalue weighted by atomic mass is 32.1. The molecule has 26 heavy (non-hydrogen) atoms. The molecule has 0 saturated carbocycles. The van der Waals surface area contributed by atoms with Crippen LogP contribution in [0.15, 0.2) is 29.6 Å². The first-order chi connectivity index (χ1) is 12.6. The number of nitrogens with one attached hydrogen (secondary N) is 1. The number of aromatic nitrogens is 1. The Hall–Kier alpha value is -2.28. The fraction of sp³-hybridized carbons (Fsp3) is 0.474. The lowest BCUT2D eigenvalue weighted by Crippen LogP contribution is -2.10. The summed E-state index contributed by atoms with van der Waals surface area (Å²) in [6, 6.07) is 6.23. The highest BCUT2D eigenvalue weighted by molar-refractivity contribution is 7.14. The van der Waals surface area contributed by atoms with Crippen LogP contribution < -0.4 is 5.32 Å². The smallest absolute Gasteiger partial charge is 0.269 e. The van der Waals surface area contributed by atoms with Crippen molar-refractivity contribution >= 4 is 28.1 Å². The molecule has 1 N–H and O–H groups in total. The largest absolute Gasteiger partial charge is 0.302 e. The second-order valence-electron chi connectivity index (χ2n) is 6.26. The zero-order valence-electron chi connectivity index (χ0n) is 15.1. The van der Waals surface area contributed by atoms with E-state index in [2.05, 4.69) is 17.2 Å². The number of hydrogen-bond acceptors (Lipinski definition) is 5. The fourth-order valence-corrected chi connectivity index (χ4v) is 3.38.